The Morgan fingerprint density at radius 1 is 1.58 bits per heavy atom. The summed E-state index contributed by atoms with van der Waals surface area (Å²) in [6.07, 6.45) is 1.43. The Hall–Kier alpha value is -0.620. The fourth-order valence-corrected chi connectivity index (χ4v) is 1.23. The van der Waals surface area contributed by atoms with Crippen molar-refractivity contribution < 1.29 is 13.2 Å². The average Bonchev–Trinajstić information content (AvgIpc) is 1.84. The minimum Gasteiger partial charge on any atom is -0.330 e. The Bertz CT molecular complexity index is 248. The molecule has 1 atom stereocenters. The number of nitrogens with two attached hydrogens (primary N) is 1. The van der Waals surface area contributed by atoms with Crippen molar-refractivity contribution in [2.75, 3.05) is 12.8 Å². The van der Waals surface area contributed by atoms with E-state index in [4.69, 9.17) is 5.73 Å². The molecule has 3 N–H and O–H groups in total. The van der Waals surface area contributed by atoms with Gasteiger partial charge in [-0.25, -0.2) is 8.42 Å². The predicted octanol–water partition coefficient (Wildman–Crippen LogP) is -0.953. The maximum absolute atomic E-state index is 11.0. The van der Waals surface area contributed by atoms with Gasteiger partial charge in [0.15, 0.2) is 0 Å². The molecule has 0 radical (unpaired) electrons. The molecule has 0 heterocycles. The van der Waals surface area contributed by atoms with E-state index >= 15 is 0 Å². The van der Waals surface area contributed by atoms with Crippen LogP contribution in [0.5, 0.6) is 0 Å². The maximum atomic E-state index is 11.0. The van der Waals surface area contributed by atoms with Gasteiger partial charge in [-0.1, -0.05) is 6.92 Å². The Morgan fingerprint density at radius 3 is 2.42 bits per heavy atom. The number of amides is 1. The molecular formula is C6H14N2O3S. The van der Waals surface area contributed by atoms with Gasteiger partial charge in [0.1, 0.15) is 0 Å². The standard InChI is InChI=1S/C6H14N2O3S/c1-5(3-4-7)6(9)8-12(2,10)11/h5H,3-4,7H2,1-2H3,(H,8,9)/t5-/m1/s1. The highest BCUT2D eigenvalue weighted by molar-refractivity contribution is 7.89. The Kier molecular flexibility index (Phi) is 4.19. The highest BCUT2D eigenvalue weighted by atomic mass is 32.2. The van der Waals surface area contributed by atoms with Crippen molar-refractivity contribution in [1.82, 2.24) is 4.72 Å². The van der Waals surface area contributed by atoms with E-state index in [9.17, 15) is 13.2 Å². The smallest absolute Gasteiger partial charge is 0.236 e. The number of hydrogen-bond acceptors (Lipinski definition) is 4. The first-order valence-corrected chi connectivity index (χ1v) is 5.47. The van der Waals surface area contributed by atoms with Gasteiger partial charge in [-0.3, -0.25) is 9.52 Å². The van der Waals surface area contributed by atoms with E-state index < -0.39 is 15.9 Å². The van der Waals surface area contributed by atoms with Gasteiger partial charge < -0.3 is 5.73 Å². The number of carbonyl (C=O) groups excluding carboxylic acids is 1. The van der Waals surface area contributed by atoms with Gasteiger partial charge in [0.05, 0.1) is 6.26 Å². The van der Waals surface area contributed by atoms with Gasteiger partial charge in [0.25, 0.3) is 0 Å². The fraction of sp³-hybridized carbons (Fsp3) is 0.833. The molecule has 0 saturated carbocycles. The summed E-state index contributed by atoms with van der Waals surface area (Å²) in [7, 11) is -3.43. The van der Waals surface area contributed by atoms with Gasteiger partial charge in [-0.15, -0.1) is 0 Å². The molecule has 6 heteroatoms. The second-order valence-electron chi connectivity index (χ2n) is 2.72. The third-order valence-electron chi connectivity index (χ3n) is 1.33. The monoisotopic (exact) mass is 194 g/mol. The van der Waals surface area contributed by atoms with E-state index in [1.807, 2.05) is 4.72 Å². The molecule has 0 saturated heterocycles. The quantitative estimate of drug-likeness (QED) is 0.603. The fourth-order valence-electron chi connectivity index (χ4n) is 0.664. The van der Waals surface area contributed by atoms with Crippen LogP contribution in [0.1, 0.15) is 13.3 Å². The molecule has 0 spiro atoms. The van der Waals surface area contributed by atoms with Crippen LogP contribution in [0.3, 0.4) is 0 Å². The molecular weight excluding hydrogens is 180 g/mol. The van der Waals surface area contributed by atoms with Crippen molar-refractivity contribution in [2.24, 2.45) is 11.7 Å². The summed E-state index contributed by atoms with van der Waals surface area (Å²) in [5.74, 6) is -0.854. The molecule has 0 unspecified atom stereocenters. The van der Waals surface area contributed by atoms with Gasteiger partial charge in [-0.05, 0) is 13.0 Å². The van der Waals surface area contributed by atoms with Crippen LogP contribution in [0.15, 0.2) is 0 Å². The summed E-state index contributed by atoms with van der Waals surface area (Å²) in [6.45, 7) is 2.01. The number of nitrogens with one attached hydrogen (secondary N) is 1. The summed E-state index contributed by atoms with van der Waals surface area (Å²) < 4.78 is 23.1. The van der Waals surface area contributed by atoms with Crippen LogP contribution in [-0.2, 0) is 14.8 Å². The van der Waals surface area contributed by atoms with Crippen LogP contribution in [0, 0.1) is 5.92 Å². The van der Waals surface area contributed by atoms with E-state index in [0.717, 1.165) is 6.26 Å². The van der Waals surface area contributed by atoms with Crippen LogP contribution in [-0.4, -0.2) is 27.1 Å². The first-order valence-electron chi connectivity index (χ1n) is 3.58. The first kappa shape index (κ1) is 11.4. The van der Waals surface area contributed by atoms with Gasteiger partial charge in [0.2, 0.25) is 15.9 Å². The lowest BCUT2D eigenvalue weighted by Crippen LogP contribution is -2.34. The molecule has 0 bridgehead atoms. The van der Waals surface area contributed by atoms with Crippen molar-refractivity contribution in [3.05, 3.63) is 0 Å². The Labute approximate surface area is 72.4 Å². The van der Waals surface area contributed by atoms with Crippen molar-refractivity contribution in [1.29, 1.82) is 0 Å². The largest absolute Gasteiger partial charge is 0.330 e. The summed E-state index contributed by atoms with van der Waals surface area (Å²) >= 11 is 0. The molecule has 0 aromatic rings. The van der Waals surface area contributed by atoms with Crippen LogP contribution in [0.4, 0.5) is 0 Å². The predicted molar refractivity (Wildman–Crippen MR) is 45.8 cm³/mol. The van der Waals surface area contributed by atoms with Crippen molar-refractivity contribution in [3.63, 3.8) is 0 Å². The highest BCUT2D eigenvalue weighted by Crippen LogP contribution is 1.99. The second-order valence-corrected chi connectivity index (χ2v) is 4.47. The molecule has 0 rings (SSSR count). The average molecular weight is 194 g/mol. The first-order chi connectivity index (χ1) is 5.37. The summed E-state index contributed by atoms with van der Waals surface area (Å²) in [5.41, 5.74) is 5.20. The second kappa shape index (κ2) is 4.42. The highest BCUT2D eigenvalue weighted by Gasteiger charge is 2.15. The summed E-state index contributed by atoms with van der Waals surface area (Å²) in [4.78, 5) is 11.0. The molecule has 5 nitrogen and oxygen atoms in total. The summed E-state index contributed by atoms with van der Waals surface area (Å²) in [6, 6.07) is 0. The molecule has 0 fully saturated rings. The molecule has 72 valence electrons. The van der Waals surface area contributed by atoms with Gasteiger partial charge >= 0.3 is 0 Å². The van der Waals surface area contributed by atoms with Gasteiger partial charge in [-0.2, -0.15) is 0 Å². The van der Waals surface area contributed by atoms with Crippen molar-refractivity contribution >= 4 is 15.9 Å². The van der Waals surface area contributed by atoms with Crippen LogP contribution >= 0.6 is 0 Å². The zero-order valence-corrected chi connectivity index (χ0v) is 8.02. The minimum atomic E-state index is -3.43. The zero-order chi connectivity index (χ0) is 9.78. The van der Waals surface area contributed by atoms with Crippen molar-refractivity contribution in [3.8, 4) is 0 Å². The SMILES string of the molecule is C[C@H](CCN)C(=O)NS(C)(=O)=O. The molecule has 0 aliphatic heterocycles. The molecule has 1 amide bonds. The molecule has 0 aromatic heterocycles. The third-order valence-corrected chi connectivity index (χ3v) is 1.91. The Balaban J connectivity index is 4.05. The molecule has 12 heavy (non-hydrogen) atoms. The van der Waals surface area contributed by atoms with E-state index in [0.29, 0.717) is 13.0 Å². The van der Waals surface area contributed by atoms with E-state index in [1.165, 1.54) is 0 Å². The van der Waals surface area contributed by atoms with E-state index in [-0.39, 0.29) is 5.92 Å². The molecule has 0 aliphatic carbocycles. The van der Waals surface area contributed by atoms with Crippen LogP contribution in [0.2, 0.25) is 0 Å². The molecule has 0 aromatic carbocycles. The maximum Gasteiger partial charge on any atom is 0.236 e. The number of sulfonamides is 1. The number of rotatable bonds is 4. The van der Waals surface area contributed by atoms with Crippen molar-refractivity contribution in [2.45, 2.75) is 13.3 Å². The number of hydrogen-bond donors (Lipinski definition) is 2. The molecule has 0 aliphatic rings. The topological polar surface area (TPSA) is 89.3 Å². The number of carbonyl (C=O) groups is 1. The minimum absolute atomic E-state index is 0.357. The zero-order valence-electron chi connectivity index (χ0n) is 7.20. The van der Waals surface area contributed by atoms with E-state index in [2.05, 4.69) is 0 Å². The lowest BCUT2D eigenvalue weighted by Gasteiger charge is -2.08. The summed E-state index contributed by atoms with van der Waals surface area (Å²) in [5, 5.41) is 0. The lowest BCUT2D eigenvalue weighted by molar-refractivity contribution is -0.122. The van der Waals surface area contributed by atoms with E-state index in [1.54, 1.807) is 6.92 Å². The van der Waals surface area contributed by atoms with Crippen LogP contribution < -0.4 is 10.5 Å². The van der Waals surface area contributed by atoms with Crippen LogP contribution in [0.25, 0.3) is 0 Å². The lowest BCUT2D eigenvalue weighted by atomic mass is 10.1. The van der Waals surface area contributed by atoms with Gasteiger partial charge in [0, 0.05) is 5.92 Å². The normalized spacial score (nSPS) is 13.9. The third kappa shape index (κ3) is 5.09. The Morgan fingerprint density at radius 2 is 2.08 bits per heavy atom.